The zero-order valence-electron chi connectivity index (χ0n) is 9.85. The van der Waals surface area contributed by atoms with Gasteiger partial charge in [0.25, 0.3) is 5.69 Å². The van der Waals surface area contributed by atoms with Gasteiger partial charge in [-0.3, -0.25) is 10.1 Å². The molecule has 0 aliphatic rings. The molecule has 0 aromatic carbocycles. The lowest BCUT2D eigenvalue weighted by molar-refractivity contribution is -0.385. The first-order valence-corrected chi connectivity index (χ1v) is 5.81. The van der Waals surface area contributed by atoms with Gasteiger partial charge in [0.15, 0.2) is 0 Å². The lowest BCUT2D eigenvalue weighted by Gasteiger charge is -2.06. The summed E-state index contributed by atoms with van der Waals surface area (Å²) in [5, 5.41) is 10.7. The van der Waals surface area contributed by atoms with E-state index in [1.165, 1.54) is 12.1 Å². The van der Waals surface area contributed by atoms with Crippen LogP contribution in [0.1, 0.15) is 26.7 Å². The summed E-state index contributed by atoms with van der Waals surface area (Å²) in [6.45, 7) is 4.74. The average Bonchev–Trinajstić information content (AvgIpc) is 2.23. The van der Waals surface area contributed by atoms with E-state index in [0.717, 1.165) is 12.8 Å². The van der Waals surface area contributed by atoms with E-state index in [9.17, 15) is 10.1 Å². The van der Waals surface area contributed by atoms with Crippen molar-refractivity contribution in [1.29, 1.82) is 0 Å². The van der Waals surface area contributed by atoms with E-state index in [1.54, 1.807) is 0 Å². The molecule has 0 N–H and O–H groups in total. The van der Waals surface area contributed by atoms with Crippen molar-refractivity contribution in [2.24, 2.45) is 5.92 Å². The minimum absolute atomic E-state index is 0.0676. The van der Waals surface area contributed by atoms with Gasteiger partial charge in [-0.15, -0.1) is 0 Å². The molecule has 0 amide bonds. The van der Waals surface area contributed by atoms with Crippen molar-refractivity contribution in [1.82, 2.24) is 4.98 Å². The molecule has 0 radical (unpaired) electrons. The first-order valence-electron chi connectivity index (χ1n) is 5.44. The van der Waals surface area contributed by atoms with Gasteiger partial charge in [0.1, 0.15) is 5.15 Å². The van der Waals surface area contributed by atoms with Crippen LogP contribution < -0.4 is 4.74 Å². The van der Waals surface area contributed by atoms with Crippen LogP contribution in [0.5, 0.6) is 5.88 Å². The predicted molar refractivity (Wildman–Crippen MR) is 65.5 cm³/mol. The van der Waals surface area contributed by atoms with Gasteiger partial charge in [0, 0.05) is 0 Å². The smallest absolute Gasteiger partial charge is 0.277 e. The summed E-state index contributed by atoms with van der Waals surface area (Å²) in [5.74, 6) is 0.813. The summed E-state index contributed by atoms with van der Waals surface area (Å²) < 4.78 is 5.33. The molecule has 1 aromatic heterocycles. The molecule has 94 valence electrons. The van der Waals surface area contributed by atoms with Crippen LogP contribution in [-0.4, -0.2) is 16.5 Å². The predicted octanol–water partition coefficient (Wildman–Crippen LogP) is 3.46. The highest BCUT2D eigenvalue weighted by Gasteiger charge is 2.10. The van der Waals surface area contributed by atoms with Crippen LogP contribution in [0.25, 0.3) is 0 Å². The Bertz CT molecular complexity index is 396. The number of nitrogens with zero attached hydrogens (tertiary/aromatic N) is 2. The van der Waals surface area contributed by atoms with Crippen LogP contribution >= 0.6 is 11.6 Å². The fraction of sp³-hybridized carbons (Fsp3) is 0.545. The van der Waals surface area contributed by atoms with E-state index in [4.69, 9.17) is 16.3 Å². The van der Waals surface area contributed by atoms with Gasteiger partial charge in [-0.2, -0.15) is 0 Å². The molecule has 1 rings (SSSR count). The molecule has 1 heterocycles. The highest BCUT2D eigenvalue weighted by Crippen LogP contribution is 2.22. The number of halogens is 1. The Kier molecular flexibility index (Phi) is 5.15. The minimum atomic E-state index is -0.519. The molecule has 1 aromatic rings. The highest BCUT2D eigenvalue weighted by molar-refractivity contribution is 6.29. The van der Waals surface area contributed by atoms with Gasteiger partial charge in [0.05, 0.1) is 23.7 Å². The van der Waals surface area contributed by atoms with Gasteiger partial charge in [-0.25, -0.2) is 4.98 Å². The van der Waals surface area contributed by atoms with Crippen LogP contribution in [-0.2, 0) is 0 Å². The second-order valence-electron chi connectivity index (χ2n) is 4.13. The van der Waals surface area contributed by atoms with Crippen molar-refractivity contribution in [2.75, 3.05) is 6.61 Å². The lowest BCUT2D eigenvalue weighted by atomic mass is 10.1. The summed E-state index contributed by atoms with van der Waals surface area (Å²) >= 11 is 5.66. The second kappa shape index (κ2) is 6.39. The SMILES string of the molecule is CC(C)CCCOc1cc([N+](=O)[O-])cc(Cl)n1. The van der Waals surface area contributed by atoms with Crippen molar-refractivity contribution in [3.8, 4) is 5.88 Å². The number of nitro groups is 1. The maximum Gasteiger partial charge on any atom is 0.277 e. The van der Waals surface area contributed by atoms with Gasteiger partial charge in [-0.05, 0) is 18.8 Å². The lowest BCUT2D eigenvalue weighted by Crippen LogP contribution is -2.02. The summed E-state index contributed by atoms with van der Waals surface area (Å²) in [6.07, 6.45) is 1.93. The van der Waals surface area contributed by atoms with Crippen LogP contribution in [0.15, 0.2) is 12.1 Å². The van der Waals surface area contributed by atoms with E-state index in [1.807, 2.05) is 0 Å². The quantitative estimate of drug-likeness (QED) is 0.339. The molecular formula is C11H15ClN2O3. The second-order valence-corrected chi connectivity index (χ2v) is 4.52. The summed E-state index contributed by atoms with van der Waals surface area (Å²) in [6, 6.07) is 2.48. The van der Waals surface area contributed by atoms with Crippen molar-refractivity contribution >= 4 is 17.3 Å². The van der Waals surface area contributed by atoms with Crippen molar-refractivity contribution in [3.63, 3.8) is 0 Å². The summed E-state index contributed by atoms with van der Waals surface area (Å²) in [5.41, 5.74) is -0.108. The van der Waals surface area contributed by atoms with Gasteiger partial charge < -0.3 is 4.74 Å². The molecular weight excluding hydrogens is 244 g/mol. The van der Waals surface area contributed by atoms with Crippen LogP contribution in [0.2, 0.25) is 5.15 Å². The molecule has 0 aliphatic carbocycles. The zero-order valence-corrected chi connectivity index (χ0v) is 10.6. The topological polar surface area (TPSA) is 65.3 Å². The molecule has 0 fully saturated rings. The van der Waals surface area contributed by atoms with Crippen molar-refractivity contribution < 1.29 is 9.66 Å². The maximum absolute atomic E-state index is 10.6. The normalized spacial score (nSPS) is 10.6. The van der Waals surface area contributed by atoms with Gasteiger partial charge >= 0.3 is 0 Å². The van der Waals surface area contributed by atoms with E-state index in [2.05, 4.69) is 18.8 Å². The van der Waals surface area contributed by atoms with Crippen LogP contribution in [0, 0.1) is 16.0 Å². The molecule has 0 aliphatic heterocycles. The standard InChI is InChI=1S/C11H15ClN2O3/c1-8(2)4-3-5-17-11-7-9(14(15)16)6-10(12)13-11/h6-8H,3-5H2,1-2H3. The van der Waals surface area contributed by atoms with E-state index >= 15 is 0 Å². The largest absolute Gasteiger partial charge is 0.477 e. The molecule has 0 saturated heterocycles. The number of hydrogen-bond donors (Lipinski definition) is 0. The van der Waals surface area contributed by atoms with E-state index in [0.29, 0.717) is 12.5 Å². The van der Waals surface area contributed by atoms with Crippen molar-refractivity contribution in [3.05, 3.63) is 27.4 Å². The molecule has 17 heavy (non-hydrogen) atoms. The fourth-order valence-corrected chi connectivity index (χ4v) is 1.50. The molecule has 5 nitrogen and oxygen atoms in total. The molecule has 0 bridgehead atoms. The van der Waals surface area contributed by atoms with Crippen LogP contribution in [0.3, 0.4) is 0 Å². The first-order chi connectivity index (χ1) is 7.99. The minimum Gasteiger partial charge on any atom is -0.477 e. The Morgan fingerprint density at radius 3 is 2.82 bits per heavy atom. The van der Waals surface area contributed by atoms with Crippen LogP contribution in [0.4, 0.5) is 5.69 Å². The van der Waals surface area contributed by atoms with Crippen molar-refractivity contribution in [2.45, 2.75) is 26.7 Å². The summed E-state index contributed by atoms with van der Waals surface area (Å²) in [7, 11) is 0. The third-order valence-corrected chi connectivity index (χ3v) is 2.34. The Morgan fingerprint density at radius 2 is 2.24 bits per heavy atom. The highest BCUT2D eigenvalue weighted by atomic mass is 35.5. The number of ether oxygens (including phenoxy) is 1. The Hall–Kier alpha value is -1.36. The third kappa shape index (κ3) is 4.99. The first kappa shape index (κ1) is 13.7. The summed E-state index contributed by atoms with van der Waals surface area (Å²) in [4.78, 5) is 13.9. The molecule has 0 unspecified atom stereocenters. The fourth-order valence-electron chi connectivity index (χ4n) is 1.31. The van der Waals surface area contributed by atoms with Gasteiger partial charge in [0.2, 0.25) is 5.88 Å². The molecule has 6 heteroatoms. The monoisotopic (exact) mass is 258 g/mol. The van der Waals surface area contributed by atoms with E-state index < -0.39 is 4.92 Å². The Balaban J connectivity index is 2.56. The zero-order chi connectivity index (χ0) is 12.8. The Morgan fingerprint density at radius 1 is 1.53 bits per heavy atom. The van der Waals surface area contributed by atoms with Gasteiger partial charge in [-0.1, -0.05) is 25.4 Å². The third-order valence-electron chi connectivity index (χ3n) is 2.14. The number of rotatable bonds is 6. The van der Waals surface area contributed by atoms with E-state index in [-0.39, 0.29) is 16.7 Å². The number of hydrogen-bond acceptors (Lipinski definition) is 4. The average molecular weight is 259 g/mol. The molecule has 0 saturated carbocycles. The number of pyridine rings is 1. The molecule has 0 spiro atoms. The molecule has 0 atom stereocenters. The maximum atomic E-state index is 10.6. The number of aromatic nitrogens is 1. The Labute approximate surface area is 105 Å².